The second-order valence-electron chi connectivity index (χ2n) is 5.49. The van der Waals surface area contributed by atoms with E-state index < -0.39 is 0 Å². The summed E-state index contributed by atoms with van der Waals surface area (Å²) in [4.78, 5) is 29.5. The Morgan fingerprint density at radius 3 is 2.58 bits per heavy atom. The highest BCUT2D eigenvalue weighted by atomic mass is 32.1. The van der Waals surface area contributed by atoms with Gasteiger partial charge in [-0.25, -0.2) is 15.0 Å². The van der Waals surface area contributed by atoms with Crippen LogP contribution in [0.2, 0.25) is 0 Å². The van der Waals surface area contributed by atoms with Crippen molar-refractivity contribution in [3.8, 4) is 5.69 Å². The van der Waals surface area contributed by atoms with Crippen LogP contribution in [0, 0.1) is 0 Å². The Balaban J connectivity index is 2.04. The van der Waals surface area contributed by atoms with Gasteiger partial charge in [-0.1, -0.05) is 0 Å². The third-order valence-electron chi connectivity index (χ3n) is 3.71. The fourth-order valence-corrected chi connectivity index (χ4v) is 3.75. The van der Waals surface area contributed by atoms with Gasteiger partial charge in [0.25, 0.3) is 5.56 Å². The van der Waals surface area contributed by atoms with Gasteiger partial charge >= 0.3 is 0 Å². The highest BCUT2D eigenvalue weighted by Gasteiger charge is 2.17. The zero-order valence-corrected chi connectivity index (χ0v) is 14.7. The summed E-state index contributed by atoms with van der Waals surface area (Å²) in [5, 5.41) is 0.817. The number of hydrogen-bond donors (Lipinski definition) is 1. The second-order valence-corrected chi connectivity index (χ2v) is 7.00. The van der Waals surface area contributed by atoms with E-state index in [1.807, 2.05) is 43.3 Å². The molecule has 0 atom stereocenters. The molecule has 1 aromatic carbocycles. The van der Waals surface area contributed by atoms with Crippen LogP contribution < -0.4 is 10.5 Å². The Labute approximate surface area is 146 Å². The van der Waals surface area contributed by atoms with Crippen molar-refractivity contribution in [2.24, 2.45) is 0 Å². The number of aromatic nitrogens is 4. The Morgan fingerprint density at radius 2 is 1.88 bits per heavy atom. The maximum absolute atomic E-state index is 12.9. The third-order valence-corrected chi connectivity index (χ3v) is 5.08. The maximum Gasteiger partial charge on any atom is 0.275 e. The molecule has 0 amide bonds. The molecule has 0 aliphatic heterocycles. The van der Waals surface area contributed by atoms with Gasteiger partial charge in [0.15, 0.2) is 0 Å². The van der Waals surface area contributed by atoms with E-state index in [1.54, 1.807) is 6.33 Å². The van der Waals surface area contributed by atoms with Crippen molar-refractivity contribution < 1.29 is 0 Å². The molecular weight excluding hydrogens is 342 g/mol. The highest BCUT2D eigenvalue weighted by molar-refractivity contribution is 7.80. The molecule has 24 heavy (non-hydrogen) atoms. The first-order chi connectivity index (χ1) is 11.6. The average Bonchev–Trinajstić information content (AvgIpc) is 2.96. The standard InChI is InChI=1S/C16H13N5OS2/c1-20(2)14-11-12-13(24-15(11)18-7-17-14)16(22)21(8-19-12)9-3-5-10(23)6-4-9/h3-8,23H,1-2H3. The summed E-state index contributed by atoms with van der Waals surface area (Å²) in [6, 6.07) is 7.37. The van der Waals surface area contributed by atoms with Crippen LogP contribution in [0.15, 0.2) is 46.6 Å². The van der Waals surface area contributed by atoms with Gasteiger partial charge in [-0.05, 0) is 24.3 Å². The Kier molecular flexibility index (Phi) is 3.50. The minimum atomic E-state index is -0.111. The number of thiol groups is 1. The van der Waals surface area contributed by atoms with Crippen molar-refractivity contribution in [3.05, 3.63) is 47.3 Å². The summed E-state index contributed by atoms with van der Waals surface area (Å²) in [7, 11) is 3.82. The molecule has 0 saturated heterocycles. The van der Waals surface area contributed by atoms with E-state index in [4.69, 9.17) is 0 Å². The van der Waals surface area contributed by atoms with E-state index >= 15 is 0 Å². The van der Waals surface area contributed by atoms with Crippen LogP contribution in [0.3, 0.4) is 0 Å². The molecule has 3 heterocycles. The zero-order chi connectivity index (χ0) is 16.8. The number of benzene rings is 1. The number of thiophene rings is 1. The van der Waals surface area contributed by atoms with Crippen molar-refractivity contribution in [2.75, 3.05) is 19.0 Å². The van der Waals surface area contributed by atoms with Gasteiger partial charge in [0.2, 0.25) is 0 Å². The fraction of sp³-hybridized carbons (Fsp3) is 0.125. The van der Waals surface area contributed by atoms with E-state index in [1.165, 1.54) is 22.2 Å². The lowest BCUT2D eigenvalue weighted by Gasteiger charge is -2.11. The molecule has 0 unspecified atom stereocenters. The molecule has 0 N–H and O–H groups in total. The molecule has 4 rings (SSSR count). The summed E-state index contributed by atoms with van der Waals surface area (Å²) in [5.74, 6) is 0.760. The van der Waals surface area contributed by atoms with Crippen molar-refractivity contribution in [2.45, 2.75) is 4.90 Å². The molecule has 0 saturated carbocycles. The summed E-state index contributed by atoms with van der Waals surface area (Å²) >= 11 is 5.62. The summed E-state index contributed by atoms with van der Waals surface area (Å²) in [6.07, 6.45) is 3.06. The number of nitrogens with zero attached hydrogens (tertiary/aromatic N) is 5. The van der Waals surface area contributed by atoms with Gasteiger partial charge < -0.3 is 4.90 Å². The van der Waals surface area contributed by atoms with E-state index in [-0.39, 0.29) is 5.56 Å². The molecule has 0 bridgehead atoms. The van der Waals surface area contributed by atoms with E-state index in [9.17, 15) is 4.79 Å². The molecule has 120 valence electrons. The molecule has 3 aromatic heterocycles. The maximum atomic E-state index is 12.9. The van der Waals surface area contributed by atoms with Gasteiger partial charge in [-0.15, -0.1) is 24.0 Å². The van der Waals surface area contributed by atoms with Gasteiger partial charge in [-0.3, -0.25) is 9.36 Å². The number of hydrogen-bond acceptors (Lipinski definition) is 7. The fourth-order valence-electron chi connectivity index (χ4n) is 2.59. The van der Waals surface area contributed by atoms with Crippen LogP contribution in [0.1, 0.15) is 0 Å². The van der Waals surface area contributed by atoms with Crippen molar-refractivity contribution in [1.82, 2.24) is 19.5 Å². The lowest BCUT2D eigenvalue weighted by Crippen LogP contribution is -2.17. The Bertz CT molecular complexity index is 1120. The molecule has 0 fully saturated rings. The quantitative estimate of drug-likeness (QED) is 0.560. The summed E-state index contributed by atoms with van der Waals surface area (Å²) in [6.45, 7) is 0. The predicted molar refractivity (Wildman–Crippen MR) is 99.9 cm³/mol. The first kappa shape index (κ1) is 15.1. The van der Waals surface area contributed by atoms with Crippen LogP contribution in [0.25, 0.3) is 26.1 Å². The van der Waals surface area contributed by atoms with Gasteiger partial charge in [-0.2, -0.15) is 0 Å². The minimum Gasteiger partial charge on any atom is -0.362 e. The topological polar surface area (TPSA) is 63.9 Å². The van der Waals surface area contributed by atoms with E-state index in [2.05, 4.69) is 27.6 Å². The lowest BCUT2D eigenvalue weighted by atomic mass is 10.3. The van der Waals surface area contributed by atoms with Crippen LogP contribution >= 0.6 is 24.0 Å². The average molecular weight is 355 g/mol. The van der Waals surface area contributed by atoms with E-state index in [0.29, 0.717) is 10.2 Å². The molecule has 6 nitrogen and oxygen atoms in total. The summed E-state index contributed by atoms with van der Waals surface area (Å²) in [5.41, 5.74) is 1.29. The van der Waals surface area contributed by atoms with Crippen LogP contribution in [-0.4, -0.2) is 33.6 Å². The largest absolute Gasteiger partial charge is 0.362 e. The van der Waals surface area contributed by atoms with Gasteiger partial charge in [0, 0.05) is 19.0 Å². The molecular formula is C16H13N5OS2. The Hall–Kier alpha value is -2.45. The third kappa shape index (κ3) is 2.26. The monoisotopic (exact) mass is 355 g/mol. The zero-order valence-electron chi connectivity index (χ0n) is 13.0. The molecule has 4 aromatic rings. The highest BCUT2D eigenvalue weighted by Crippen LogP contribution is 2.33. The van der Waals surface area contributed by atoms with Gasteiger partial charge in [0.1, 0.15) is 33.5 Å². The molecule has 8 heteroatoms. The van der Waals surface area contributed by atoms with E-state index in [0.717, 1.165) is 26.6 Å². The first-order valence-corrected chi connectivity index (χ1v) is 8.44. The molecule has 0 spiro atoms. The van der Waals surface area contributed by atoms with Crippen molar-refractivity contribution in [3.63, 3.8) is 0 Å². The van der Waals surface area contributed by atoms with Crippen molar-refractivity contribution in [1.29, 1.82) is 0 Å². The molecule has 0 radical (unpaired) electrons. The lowest BCUT2D eigenvalue weighted by molar-refractivity contribution is 0.965. The Morgan fingerprint density at radius 1 is 1.12 bits per heavy atom. The molecule has 0 aliphatic rings. The smallest absolute Gasteiger partial charge is 0.275 e. The second kappa shape index (κ2) is 5.57. The van der Waals surface area contributed by atoms with Crippen LogP contribution in [-0.2, 0) is 0 Å². The SMILES string of the molecule is CN(C)c1ncnc2sc3c(=O)n(-c4ccc(S)cc4)cnc3c12. The van der Waals surface area contributed by atoms with Gasteiger partial charge in [0.05, 0.1) is 11.1 Å². The van der Waals surface area contributed by atoms with Crippen molar-refractivity contribution >= 4 is 50.2 Å². The van der Waals surface area contributed by atoms with Crippen LogP contribution in [0.4, 0.5) is 5.82 Å². The van der Waals surface area contributed by atoms with Crippen LogP contribution in [0.5, 0.6) is 0 Å². The minimum absolute atomic E-state index is 0.111. The molecule has 0 aliphatic carbocycles. The predicted octanol–water partition coefficient (Wildman–Crippen LogP) is 2.75. The number of rotatable bonds is 2. The normalized spacial score (nSPS) is 11.3. The summed E-state index contributed by atoms with van der Waals surface area (Å²) < 4.78 is 2.11. The first-order valence-electron chi connectivity index (χ1n) is 7.18. The number of fused-ring (bicyclic) bond motifs is 3. The number of anilines is 1.